The first-order valence-corrected chi connectivity index (χ1v) is 9.22. The molecule has 2 aromatic heterocycles. The SMILES string of the molecule is Cc1nc2scc(C)n2c1CNCCN1CCSCC1. The maximum absolute atomic E-state index is 4.63. The van der Waals surface area contributed by atoms with E-state index in [1.807, 2.05) is 0 Å². The lowest BCUT2D eigenvalue weighted by atomic mass is 10.3. The van der Waals surface area contributed by atoms with Crippen LogP contribution in [0.15, 0.2) is 5.38 Å². The zero-order valence-corrected chi connectivity index (χ0v) is 13.8. The minimum Gasteiger partial charge on any atom is -0.310 e. The van der Waals surface area contributed by atoms with Crippen molar-refractivity contribution in [3.8, 4) is 0 Å². The average molecular weight is 310 g/mol. The number of thiazole rings is 1. The zero-order valence-electron chi connectivity index (χ0n) is 12.2. The third-order valence-corrected chi connectivity index (χ3v) is 5.72. The first-order chi connectivity index (χ1) is 9.75. The van der Waals surface area contributed by atoms with Crippen LogP contribution in [0.1, 0.15) is 17.1 Å². The molecule has 0 aromatic carbocycles. The standard InChI is InChI=1S/C14H22N4S2/c1-11-10-20-14-16-12(2)13(18(11)14)9-15-3-4-17-5-7-19-8-6-17/h10,15H,3-9H2,1-2H3. The van der Waals surface area contributed by atoms with Crippen LogP contribution in [0.25, 0.3) is 4.96 Å². The lowest BCUT2D eigenvalue weighted by Gasteiger charge is -2.26. The molecule has 1 aliphatic rings. The number of thioether (sulfide) groups is 1. The number of nitrogens with zero attached hydrogens (tertiary/aromatic N) is 3. The van der Waals surface area contributed by atoms with Gasteiger partial charge in [-0.3, -0.25) is 4.40 Å². The minimum absolute atomic E-state index is 0.910. The maximum atomic E-state index is 4.63. The van der Waals surface area contributed by atoms with E-state index < -0.39 is 0 Å². The van der Waals surface area contributed by atoms with E-state index in [1.165, 1.54) is 36.0 Å². The third-order valence-electron chi connectivity index (χ3n) is 3.83. The van der Waals surface area contributed by atoms with E-state index in [4.69, 9.17) is 0 Å². The van der Waals surface area contributed by atoms with Gasteiger partial charge in [0.15, 0.2) is 4.96 Å². The molecule has 0 aliphatic carbocycles. The lowest BCUT2D eigenvalue weighted by molar-refractivity contribution is 0.300. The van der Waals surface area contributed by atoms with Crippen LogP contribution in [0.5, 0.6) is 0 Å². The molecule has 110 valence electrons. The van der Waals surface area contributed by atoms with Crippen molar-refractivity contribution in [2.45, 2.75) is 20.4 Å². The maximum Gasteiger partial charge on any atom is 0.194 e. The quantitative estimate of drug-likeness (QED) is 0.858. The summed E-state index contributed by atoms with van der Waals surface area (Å²) >= 11 is 3.79. The fourth-order valence-electron chi connectivity index (χ4n) is 2.64. The third kappa shape index (κ3) is 3.03. The molecule has 4 nitrogen and oxygen atoms in total. The summed E-state index contributed by atoms with van der Waals surface area (Å²) in [7, 11) is 0. The Balaban J connectivity index is 1.54. The lowest BCUT2D eigenvalue weighted by Crippen LogP contribution is -2.37. The van der Waals surface area contributed by atoms with E-state index in [-0.39, 0.29) is 0 Å². The smallest absolute Gasteiger partial charge is 0.194 e. The van der Waals surface area contributed by atoms with Gasteiger partial charge in [0.2, 0.25) is 0 Å². The van der Waals surface area contributed by atoms with Gasteiger partial charge in [-0.15, -0.1) is 11.3 Å². The summed E-state index contributed by atoms with van der Waals surface area (Å²) in [6, 6.07) is 0. The Morgan fingerprint density at radius 3 is 2.90 bits per heavy atom. The van der Waals surface area contributed by atoms with Crippen molar-refractivity contribution < 1.29 is 0 Å². The van der Waals surface area contributed by atoms with E-state index in [1.54, 1.807) is 11.3 Å². The van der Waals surface area contributed by atoms with Gasteiger partial charge in [-0.05, 0) is 13.8 Å². The Labute approximate surface area is 128 Å². The van der Waals surface area contributed by atoms with Crippen LogP contribution in [0.2, 0.25) is 0 Å². The molecule has 1 aliphatic heterocycles. The summed E-state index contributed by atoms with van der Waals surface area (Å²) in [6.07, 6.45) is 0. The van der Waals surface area contributed by atoms with Gasteiger partial charge in [0.1, 0.15) is 0 Å². The topological polar surface area (TPSA) is 32.6 Å². The van der Waals surface area contributed by atoms with E-state index in [0.29, 0.717) is 0 Å². The second-order valence-electron chi connectivity index (χ2n) is 5.27. The number of fused-ring (bicyclic) bond motifs is 1. The fourth-order valence-corrected chi connectivity index (χ4v) is 4.55. The van der Waals surface area contributed by atoms with E-state index in [0.717, 1.165) is 30.3 Å². The summed E-state index contributed by atoms with van der Waals surface area (Å²) in [5.74, 6) is 2.58. The molecule has 0 saturated carbocycles. The summed E-state index contributed by atoms with van der Waals surface area (Å²) in [5, 5.41) is 5.76. The van der Waals surface area contributed by atoms with Gasteiger partial charge < -0.3 is 10.2 Å². The molecule has 0 amide bonds. The second kappa shape index (κ2) is 6.47. The molecule has 0 unspecified atom stereocenters. The fraction of sp³-hybridized carbons (Fsp3) is 0.643. The summed E-state index contributed by atoms with van der Waals surface area (Å²) in [4.78, 5) is 8.30. The van der Waals surface area contributed by atoms with Gasteiger partial charge in [0.25, 0.3) is 0 Å². The Bertz CT molecular complexity index is 569. The van der Waals surface area contributed by atoms with Crippen molar-refractivity contribution >= 4 is 28.1 Å². The van der Waals surface area contributed by atoms with Gasteiger partial charge in [-0.25, -0.2) is 4.98 Å². The van der Waals surface area contributed by atoms with Crippen LogP contribution < -0.4 is 5.32 Å². The summed E-state index contributed by atoms with van der Waals surface area (Å²) in [6.45, 7) is 9.87. The Morgan fingerprint density at radius 1 is 1.30 bits per heavy atom. The molecule has 2 aromatic rings. The summed E-state index contributed by atoms with van der Waals surface area (Å²) < 4.78 is 2.28. The minimum atomic E-state index is 0.910. The van der Waals surface area contributed by atoms with Gasteiger partial charge in [0.05, 0.1) is 11.4 Å². The molecule has 0 radical (unpaired) electrons. The first-order valence-electron chi connectivity index (χ1n) is 7.18. The molecule has 3 rings (SSSR count). The molecule has 0 spiro atoms. The zero-order chi connectivity index (χ0) is 13.9. The molecule has 20 heavy (non-hydrogen) atoms. The molecule has 1 N–H and O–H groups in total. The predicted molar refractivity (Wildman–Crippen MR) is 88.0 cm³/mol. The molecule has 3 heterocycles. The average Bonchev–Trinajstić information content (AvgIpc) is 2.96. The normalized spacial score (nSPS) is 17.1. The Hall–Kier alpha value is -0.560. The Kier molecular flexibility index (Phi) is 4.65. The number of aryl methyl sites for hydroxylation is 2. The number of nitrogens with one attached hydrogen (secondary N) is 1. The second-order valence-corrected chi connectivity index (χ2v) is 7.33. The van der Waals surface area contributed by atoms with Crippen molar-refractivity contribution in [1.29, 1.82) is 0 Å². The van der Waals surface area contributed by atoms with Crippen LogP contribution in [-0.2, 0) is 6.54 Å². The van der Waals surface area contributed by atoms with E-state index in [2.05, 4.69) is 50.6 Å². The van der Waals surface area contributed by atoms with E-state index >= 15 is 0 Å². The highest BCUT2D eigenvalue weighted by Crippen LogP contribution is 2.20. The molecule has 1 saturated heterocycles. The van der Waals surface area contributed by atoms with Gasteiger partial charge >= 0.3 is 0 Å². The van der Waals surface area contributed by atoms with Gasteiger partial charge in [-0.2, -0.15) is 11.8 Å². The molecule has 6 heteroatoms. The first kappa shape index (κ1) is 14.4. The highest BCUT2D eigenvalue weighted by Gasteiger charge is 2.12. The monoisotopic (exact) mass is 310 g/mol. The predicted octanol–water partition coefficient (Wildman–Crippen LogP) is 2.15. The highest BCUT2D eigenvalue weighted by atomic mass is 32.2. The molecule has 1 fully saturated rings. The number of hydrogen-bond donors (Lipinski definition) is 1. The van der Waals surface area contributed by atoms with Crippen LogP contribution in [0, 0.1) is 13.8 Å². The highest BCUT2D eigenvalue weighted by molar-refractivity contribution is 7.99. The van der Waals surface area contributed by atoms with Crippen molar-refractivity contribution in [3.05, 3.63) is 22.5 Å². The van der Waals surface area contributed by atoms with Crippen molar-refractivity contribution in [3.63, 3.8) is 0 Å². The van der Waals surface area contributed by atoms with Crippen molar-refractivity contribution in [2.24, 2.45) is 0 Å². The van der Waals surface area contributed by atoms with Crippen LogP contribution in [0.3, 0.4) is 0 Å². The Morgan fingerprint density at radius 2 is 2.10 bits per heavy atom. The number of aromatic nitrogens is 2. The number of rotatable bonds is 5. The molecule has 0 atom stereocenters. The summed E-state index contributed by atoms with van der Waals surface area (Å²) in [5.41, 5.74) is 3.75. The number of imidazole rings is 1. The van der Waals surface area contributed by atoms with Gasteiger partial charge in [0, 0.05) is 55.3 Å². The largest absolute Gasteiger partial charge is 0.310 e. The molecular formula is C14H22N4S2. The van der Waals surface area contributed by atoms with Crippen molar-refractivity contribution in [2.75, 3.05) is 37.7 Å². The van der Waals surface area contributed by atoms with E-state index in [9.17, 15) is 0 Å². The van der Waals surface area contributed by atoms with Crippen LogP contribution >= 0.6 is 23.1 Å². The van der Waals surface area contributed by atoms with Crippen molar-refractivity contribution in [1.82, 2.24) is 19.6 Å². The van der Waals surface area contributed by atoms with Crippen LogP contribution in [0.4, 0.5) is 0 Å². The molecular weight excluding hydrogens is 288 g/mol. The van der Waals surface area contributed by atoms with Crippen LogP contribution in [-0.4, -0.2) is 52.0 Å². The van der Waals surface area contributed by atoms with Gasteiger partial charge in [-0.1, -0.05) is 0 Å². The molecule has 0 bridgehead atoms. The number of hydrogen-bond acceptors (Lipinski definition) is 5.